The maximum atomic E-state index is 12.5. The molecule has 158 valence electrons. The fourth-order valence-corrected chi connectivity index (χ4v) is 3.28. The Labute approximate surface area is 187 Å². The number of aryl methyl sites for hydroxylation is 1. The number of rotatable bonds is 10. The molecule has 0 bridgehead atoms. The van der Waals surface area contributed by atoms with Gasteiger partial charge in [-0.1, -0.05) is 12.1 Å². The highest BCUT2D eigenvalue weighted by atomic mass is 79.9. The molecule has 0 saturated heterocycles. The first-order chi connectivity index (χ1) is 13.4. The van der Waals surface area contributed by atoms with Crippen LogP contribution in [-0.2, 0) is 11.2 Å². The number of nitrogens with one attached hydrogen (secondary N) is 1. The lowest BCUT2D eigenvalue weighted by molar-refractivity contribution is -0.132. The topological polar surface area (TPSA) is 64.6 Å². The Kier molecular flexibility index (Phi) is 11.0. The summed E-state index contributed by atoms with van der Waals surface area (Å²) in [4.78, 5) is 24.4. The molecule has 7 heteroatoms. The number of halogens is 1. The largest absolute Gasteiger partial charge is 0.497 e. The summed E-state index contributed by atoms with van der Waals surface area (Å²) in [5, 5.41) is 3.29. The smallest absolute Gasteiger partial charge is 0.308 e. The van der Waals surface area contributed by atoms with Gasteiger partial charge in [0.25, 0.3) is 0 Å². The van der Waals surface area contributed by atoms with E-state index in [9.17, 15) is 9.59 Å². The second kappa shape index (κ2) is 12.7. The Bertz CT molecular complexity index is 811. The van der Waals surface area contributed by atoms with Crippen molar-refractivity contribution in [3.63, 3.8) is 0 Å². The lowest BCUT2D eigenvalue weighted by Crippen LogP contribution is -2.31. The third-order valence-electron chi connectivity index (χ3n) is 4.38. The van der Waals surface area contributed by atoms with E-state index in [4.69, 9.17) is 9.47 Å². The molecule has 0 spiro atoms. The number of Topliss-reactive ketones (excluding diaryl/α,β-unsaturated/α-hetero) is 1. The van der Waals surface area contributed by atoms with Crippen molar-refractivity contribution < 1.29 is 19.1 Å². The van der Waals surface area contributed by atoms with E-state index in [0.717, 1.165) is 23.5 Å². The van der Waals surface area contributed by atoms with E-state index in [2.05, 4.69) is 24.4 Å². The molecule has 0 heterocycles. The summed E-state index contributed by atoms with van der Waals surface area (Å²) in [6.07, 6.45) is 3.75. The monoisotopic (exact) mass is 481 g/mol. The van der Waals surface area contributed by atoms with Crippen molar-refractivity contribution in [2.75, 3.05) is 19.9 Å². The van der Waals surface area contributed by atoms with Gasteiger partial charge in [-0.3, -0.25) is 9.59 Å². The highest BCUT2D eigenvalue weighted by Crippen LogP contribution is 2.29. The van der Waals surface area contributed by atoms with Gasteiger partial charge in [0.2, 0.25) is 0 Å². The zero-order valence-electron chi connectivity index (χ0n) is 17.2. The van der Waals surface area contributed by atoms with E-state index in [1.165, 1.54) is 24.2 Å². The number of thioether (sulfide) groups is 1. The number of hydrogen-bond donors (Lipinski definition) is 1. The molecular formula is C22H28BrNO4S. The van der Waals surface area contributed by atoms with Crippen molar-refractivity contribution >= 4 is 40.5 Å². The van der Waals surface area contributed by atoms with Crippen LogP contribution in [0.1, 0.15) is 36.2 Å². The third-order valence-corrected chi connectivity index (χ3v) is 5.13. The first-order valence-corrected chi connectivity index (χ1v) is 10.4. The molecule has 0 aromatic heterocycles. The summed E-state index contributed by atoms with van der Waals surface area (Å²) < 4.78 is 10.3. The van der Waals surface area contributed by atoms with E-state index < -0.39 is 0 Å². The Morgan fingerprint density at radius 3 is 2.41 bits per heavy atom. The lowest BCUT2D eigenvalue weighted by atomic mass is 10.1. The highest BCUT2D eigenvalue weighted by molar-refractivity contribution is 8.93. The minimum absolute atomic E-state index is 0. The van der Waals surface area contributed by atoms with Gasteiger partial charge in [0, 0.05) is 18.5 Å². The molecule has 2 aromatic carbocycles. The number of ether oxygens (including phenoxy) is 2. The maximum absolute atomic E-state index is 12.5. The van der Waals surface area contributed by atoms with Crippen molar-refractivity contribution in [1.82, 2.24) is 5.32 Å². The van der Waals surface area contributed by atoms with Crippen LogP contribution in [0.25, 0.3) is 0 Å². The summed E-state index contributed by atoms with van der Waals surface area (Å²) in [6, 6.07) is 13.4. The zero-order chi connectivity index (χ0) is 20.5. The Hall–Kier alpha value is -1.83. The summed E-state index contributed by atoms with van der Waals surface area (Å²) >= 11 is 1.44. The minimum Gasteiger partial charge on any atom is -0.497 e. The molecule has 0 amide bonds. The quantitative estimate of drug-likeness (QED) is 0.229. The number of esters is 1. The lowest BCUT2D eigenvalue weighted by Gasteiger charge is -2.14. The molecule has 29 heavy (non-hydrogen) atoms. The summed E-state index contributed by atoms with van der Waals surface area (Å²) in [6.45, 7) is 3.71. The van der Waals surface area contributed by atoms with Crippen LogP contribution in [0.5, 0.6) is 11.5 Å². The van der Waals surface area contributed by atoms with Crippen molar-refractivity contribution in [3.8, 4) is 11.5 Å². The number of hydrogen-bond acceptors (Lipinski definition) is 6. The summed E-state index contributed by atoms with van der Waals surface area (Å²) in [7, 11) is 1.66. The molecule has 1 N–H and O–H groups in total. The van der Waals surface area contributed by atoms with E-state index in [-0.39, 0.29) is 41.3 Å². The highest BCUT2D eigenvalue weighted by Gasteiger charge is 2.13. The van der Waals surface area contributed by atoms with Gasteiger partial charge in [-0.15, -0.1) is 28.7 Å². The van der Waals surface area contributed by atoms with Gasteiger partial charge in [-0.05, 0) is 61.9 Å². The number of carbonyl (C=O) groups is 2. The fraction of sp³-hybridized carbons (Fsp3) is 0.364. The van der Waals surface area contributed by atoms with Crippen LogP contribution in [-0.4, -0.2) is 37.7 Å². The van der Waals surface area contributed by atoms with Gasteiger partial charge in [-0.25, -0.2) is 0 Å². The van der Waals surface area contributed by atoms with E-state index >= 15 is 0 Å². The molecule has 0 aliphatic heterocycles. The van der Waals surface area contributed by atoms with Gasteiger partial charge < -0.3 is 14.8 Å². The van der Waals surface area contributed by atoms with Gasteiger partial charge >= 0.3 is 5.97 Å². The van der Waals surface area contributed by atoms with E-state index in [1.807, 2.05) is 18.4 Å². The average molecular weight is 482 g/mol. The van der Waals surface area contributed by atoms with Gasteiger partial charge in [0.15, 0.2) is 5.78 Å². The van der Waals surface area contributed by atoms with Crippen LogP contribution in [0.4, 0.5) is 0 Å². The maximum Gasteiger partial charge on any atom is 0.308 e. The first kappa shape index (κ1) is 25.2. The normalized spacial score (nSPS) is 11.3. The van der Waals surface area contributed by atoms with Gasteiger partial charge in [0.1, 0.15) is 11.5 Å². The minimum atomic E-state index is -0.373. The van der Waals surface area contributed by atoms with Gasteiger partial charge in [-0.2, -0.15) is 0 Å². The van der Waals surface area contributed by atoms with Crippen molar-refractivity contribution in [3.05, 3.63) is 53.6 Å². The van der Waals surface area contributed by atoms with Crippen molar-refractivity contribution in [2.24, 2.45) is 0 Å². The molecule has 2 aromatic rings. The van der Waals surface area contributed by atoms with Crippen LogP contribution < -0.4 is 14.8 Å². The standard InChI is InChI=1S/C22H27NO4S.BrH/c1-15(5-6-17-7-10-19(26-3)11-8-17)23-14-20(25)18-9-12-21(27-16(2)24)22(13-18)28-4;/h7-13,15,23H,5-6,14H2,1-4H3;1H. The molecule has 0 saturated carbocycles. The van der Waals surface area contributed by atoms with Crippen LogP contribution in [0.2, 0.25) is 0 Å². The first-order valence-electron chi connectivity index (χ1n) is 9.19. The summed E-state index contributed by atoms with van der Waals surface area (Å²) in [5.41, 5.74) is 1.85. The average Bonchev–Trinajstić information content (AvgIpc) is 2.70. The van der Waals surface area contributed by atoms with Crippen molar-refractivity contribution in [1.29, 1.82) is 0 Å². The fourth-order valence-electron chi connectivity index (χ4n) is 2.73. The van der Waals surface area contributed by atoms with Crippen LogP contribution >= 0.6 is 28.7 Å². The SMILES string of the molecule is Br.COc1ccc(CCC(C)NCC(=O)c2ccc(OC(C)=O)c(SC)c2)cc1. The molecule has 0 radical (unpaired) electrons. The van der Waals surface area contributed by atoms with Gasteiger partial charge in [0.05, 0.1) is 18.6 Å². The molecule has 2 rings (SSSR count). The molecular weight excluding hydrogens is 454 g/mol. The molecule has 5 nitrogen and oxygen atoms in total. The molecule has 0 aliphatic rings. The molecule has 0 fully saturated rings. The van der Waals surface area contributed by atoms with E-state index in [1.54, 1.807) is 25.3 Å². The summed E-state index contributed by atoms with van der Waals surface area (Å²) in [5.74, 6) is 0.977. The Morgan fingerprint density at radius 2 is 1.83 bits per heavy atom. The van der Waals surface area contributed by atoms with Crippen LogP contribution in [0.15, 0.2) is 47.4 Å². The predicted octanol–water partition coefficient (Wildman–Crippen LogP) is 4.71. The number of benzene rings is 2. The Morgan fingerprint density at radius 1 is 1.14 bits per heavy atom. The molecule has 0 aliphatic carbocycles. The number of carbonyl (C=O) groups excluding carboxylic acids is 2. The zero-order valence-corrected chi connectivity index (χ0v) is 19.7. The van der Waals surface area contributed by atoms with Crippen molar-refractivity contribution in [2.45, 2.75) is 37.6 Å². The molecule has 1 atom stereocenters. The van der Waals surface area contributed by atoms with E-state index in [0.29, 0.717) is 11.3 Å². The Balaban J connectivity index is 0.00000420. The third kappa shape index (κ3) is 8.20. The number of methoxy groups -OCH3 is 1. The van der Waals surface area contributed by atoms with Crippen LogP contribution in [0.3, 0.4) is 0 Å². The molecule has 1 unspecified atom stereocenters. The predicted molar refractivity (Wildman–Crippen MR) is 123 cm³/mol. The second-order valence-corrected chi connectivity index (χ2v) is 7.40. The second-order valence-electron chi connectivity index (χ2n) is 6.55. The number of ketones is 1. The van der Waals surface area contributed by atoms with Crippen LogP contribution in [0, 0.1) is 0 Å².